The summed E-state index contributed by atoms with van der Waals surface area (Å²) in [5, 5.41) is 11.1. The molecule has 28 heavy (non-hydrogen) atoms. The fourth-order valence-corrected chi connectivity index (χ4v) is 3.53. The molecule has 0 N–H and O–H groups in total. The summed E-state index contributed by atoms with van der Waals surface area (Å²) in [5.41, 5.74) is 0. The van der Waals surface area contributed by atoms with Crippen molar-refractivity contribution in [3.05, 3.63) is 24.3 Å². The summed E-state index contributed by atoms with van der Waals surface area (Å²) in [4.78, 5) is 13.2. The van der Waals surface area contributed by atoms with Gasteiger partial charge >= 0.3 is 51.4 Å². The Balaban J connectivity index is 0. The summed E-state index contributed by atoms with van der Waals surface area (Å²) in [5.74, 6) is 0.112. The predicted molar refractivity (Wildman–Crippen MR) is 116 cm³/mol. The summed E-state index contributed by atoms with van der Waals surface area (Å²) in [6.07, 6.45) is 20.8. The van der Waals surface area contributed by atoms with Gasteiger partial charge in [0.05, 0.1) is 5.97 Å². The molecule has 0 aliphatic carbocycles. The summed E-state index contributed by atoms with van der Waals surface area (Å²) < 4.78 is 0. The van der Waals surface area contributed by atoms with Crippen LogP contribution in [0.4, 0.5) is 0 Å². The number of carbonyl (C=O) groups excluding carboxylic acids is 1. The summed E-state index contributed by atoms with van der Waals surface area (Å²) >= 11 is 0. The number of carboxylic acids is 1. The van der Waals surface area contributed by atoms with Crippen molar-refractivity contribution >= 4 is 5.97 Å². The Morgan fingerprint density at radius 3 is 1.61 bits per heavy atom. The maximum absolute atomic E-state index is 11.1. The van der Waals surface area contributed by atoms with Crippen molar-refractivity contribution in [3.63, 3.8) is 0 Å². The standard InChI is InChI=1S/C24H45NO2.K/c1-5-7-9-11-13-15-17-22(3)19-25(21-24(26)27)20-23(4)18-16-14-12-10-8-6-2;/h7-10,22-23H,5-6,11-21H2,1-4H3,(H,26,27);/q;+1/p-1/b9-7+,10-8+;. The van der Waals surface area contributed by atoms with Crippen LogP contribution in [0.25, 0.3) is 0 Å². The Morgan fingerprint density at radius 1 is 0.821 bits per heavy atom. The van der Waals surface area contributed by atoms with E-state index in [9.17, 15) is 9.90 Å². The Bertz CT molecular complexity index is 379. The molecule has 0 saturated carbocycles. The van der Waals surface area contributed by atoms with Crippen molar-refractivity contribution in [2.24, 2.45) is 11.8 Å². The maximum atomic E-state index is 11.1. The Hall–Kier alpha value is 0.546. The SMILES string of the molecule is CC/C=C/CCCCC(C)CN(CC(=O)[O-])CC(C)CCCC/C=C/CC.[K+]. The molecule has 0 saturated heterocycles. The molecule has 0 spiro atoms. The predicted octanol–water partition coefficient (Wildman–Crippen LogP) is 2.37. The van der Waals surface area contributed by atoms with E-state index in [2.05, 4.69) is 56.9 Å². The van der Waals surface area contributed by atoms with Crippen LogP contribution in [0.3, 0.4) is 0 Å². The molecule has 0 aliphatic rings. The topological polar surface area (TPSA) is 43.4 Å². The second-order valence-electron chi connectivity index (χ2n) is 8.10. The van der Waals surface area contributed by atoms with E-state index >= 15 is 0 Å². The van der Waals surface area contributed by atoms with Crippen molar-refractivity contribution in [2.45, 2.75) is 91.9 Å². The molecular formula is C24H44KNO2. The normalized spacial score (nSPS) is 13.9. The van der Waals surface area contributed by atoms with Gasteiger partial charge in [-0.1, -0.05) is 64.8 Å². The van der Waals surface area contributed by atoms with Crippen molar-refractivity contribution in [1.29, 1.82) is 0 Å². The van der Waals surface area contributed by atoms with Crippen LogP contribution in [0.5, 0.6) is 0 Å². The van der Waals surface area contributed by atoms with Gasteiger partial charge in [-0.2, -0.15) is 0 Å². The van der Waals surface area contributed by atoms with E-state index in [-0.39, 0.29) is 57.9 Å². The van der Waals surface area contributed by atoms with Crippen molar-refractivity contribution in [1.82, 2.24) is 4.90 Å². The Labute approximate surface area is 217 Å². The molecule has 0 aromatic carbocycles. The first-order valence-electron chi connectivity index (χ1n) is 11.2. The molecular weight excluding hydrogens is 373 g/mol. The van der Waals surface area contributed by atoms with Crippen LogP contribution in [0.2, 0.25) is 0 Å². The first-order chi connectivity index (χ1) is 13.0. The molecule has 0 aromatic heterocycles. The summed E-state index contributed by atoms with van der Waals surface area (Å²) in [7, 11) is 0. The van der Waals surface area contributed by atoms with Gasteiger partial charge in [0.2, 0.25) is 0 Å². The van der Waals surface area contributed by atoms with Gasteiger partial charge in [0.15, 0.2) is 0 Å². The van der Waals surface area contributed by atoms with Crippen LogP contribution < -0.4 is 56.5 Å². The van der Waals surface area contributed by atoms with Gasteiger partial charge in [0.1, 0.15) is 0 Å². The largest absolute Gasteiger partial charge is 1.00 e. The summed E-state index contributed by atoms with van der Waals surface area (Å²) in [6.45, 7) is 10.6. The molecule has 2 atom stereocenters. The van der Waals surface area contributed by atoms with Crippen LogP contribution in [0.1, 0.15) is 91.9 Å². The van der Waals surface area contributed by atoms with Crippen LogP contribution in [0.15, 0.2) is 24.3 Å². The summed E-state index contributed by atoms with van der Waals surface area (Å²) in [6, 6.07) is 0. The zero-order valence-corrected chi connectivity index (χ0v) is 22.5. The third-order valence-corrected chi connectivity index (χ3v) is 4.93. The number of nitrogens with zero attached hydrogens (tertiary/aromatic N) is 1. The molecule has 0 bridgehead atoms. The molecule has 0 radical (unpaired) electrons. The fourth-order valence-electron chi connectivity index (χ4n) is 3.53. The van der Waals surface area contributed by atoms with Gasteiger partial charge in [-0.25, -0.2) is 0 Å². The minimum atomic E-state index is -0.955. The average Bonchev–Trinajstić information content (AvgIpc) is 2.60. The molecule has 0 amide bonds. The van der Waals surface area contributed by atoms with Crippen molar-refractivity contribution in [2.75, 3.05) is 19.6 Å². The van der Waals surface area contributed by atoms with Crippen molar-refractivity contribution < 1.29 is 61.3 Å². The number of carbonyl (C=O) groups is 1. The van der Waals surface area contributed by atoms with Gasteiger partial charge in [-0.05, 0) is 63.2 Å². The molecule has 0 fully saturated rings. The Morgan fingerprint density at radius 2 is 1.25 bits per heavy atom. The second kappa shape index (κ2) is 22.2. The van der Waals surface area contributed by atoms with E-state index in [0.29, 0.717) is 11.8 Å². The minimum absolute atomic E-state index is 0. The average molecular weight is 418 g/mol. The quantitative estimate of drug-likeness (QED) is 0.195. The first-order valence-corrected chi connectivity index (χ1v) is 11.2. The van der Waals surface area contributed by atoms with Crippen LogP contribution in [0, 0.1) is 11.8 Å². The number of hydrogen-bond donors (Lipinski definition) is 0. The first kappa shape index (κ1) is 30.7. The second-order valence-corrected chi connectivity index (χ2v) is 8.10. The number of unbranched alkanes of at least 4 members (excludes halogenated alkanes) is 4. The monoisotopic (exact) mass is 417 g/mol. The zero-order valence-electron chi connectivity index (χ0n) is 19.4. The van der Waals surface area contributed by atoms with Gasteiger partial charge in [-0.15, -0.1) is 0 Å². The number of rotatable bonds is 18. The van der Waals surface area contributed by atoms with E-state index < -0.39 is 5.97 Å². The van der Waals surface area contributed by atoms with Gasteiger partial charge < -0.3 is 9.90 Å². The fraction of sp³-hybridized carbons (Fsp3) is 0.792. The van der Waals surface area contributed by atoms with Gasteiger partial charge in [0.25, 0.3) is 0 Å². The molecule has 2 unspecified atom stereocenters. The van der Waals surface area contributed by atoms with Crippen LogP contribution in [-0.2, 0) is 4.79 Å². The Kier molecular flexibility index (Phi) is 24.4. The molecule has 4 heteroatoms. The van der Waals surface area contributed by atoms with E-state index in [1.807, 2.05) is 0 Å². The van der Waals surface area contributed by atoms with E-state index in [1.54, 1.807) is 0 Å². The molecule has 0 heterocycles. The van der Waals surface area contributed by atoms with Gasteiger partial charge in [-0.3, -0.25) is 4.90 Å². The number of hydrogen-bond acceptors (Lipinski definition) is 3. The maximum Gasteiger partial charge on any atom is 1.00 e. The third kappa shape index (κ3) is 21.3. The third-order valence-electron chi connectivity index (χ3n) is 4.93. The van der Waals surface area contributed by atoms with E-state index in [0.717, 1.165) is 38.8 Å². The van der Waals surface area contributed by atoms with E-state index in [4.69, 9.17) is 0 Å². The number of aliphatic carboxylic acids is 1. The van der Waals surface area contributed by atoms with Crippen molar-refractivity contribution in [3.8, 4) is 0 Å². The van der Waals surface area contributed by atoms with Crippen LogP contribution >= 0.6 is 0 Å². The van der Waals surface area contributed by atoms with Crippen LogP contribution in [-0.4, -0.2) is 30.5 Å². The molecule has 158 valence electrons. The van der Waals surface area contributed by atoms with E-state index in [1.165, 1.54) is 38.5 Å². The molecule has 0 aliphatic heterocycles. The number of carboxylic acid groups (broad SMARTS) is 1. The van der Waals surface area contributed by atoms with Gasteiger partial charge in [0, 0.05) is 19.6 Å². The molecule has 0 rings (SSSR count). The molecule has 3 nitrogen and oxygen atoms in total. The molecule has 0 aromatic rings. The smallest absolute Gasteiger partial charge is 0.549 e. The number of allylic oxidation sites excluding steroid dienone is 4. The minimum Gasteiger partial charge on any atom is -0.549 e. The zero-order chi connectivity index (χ0) is 20.3.